The molecule has 0 aromatic rings. The third-order valence-corrected chi connectivity index (χ3v) is 2.34. The Hall–Kier alpha value is -0.160. The Morgan fingerprint density at radius 3 is 2.54 bits per heavy atom. The van der Waals surface area contributed by atoms with Crippen LogP contribution in [0.4, 0.5) is 0 Å². The Balaban J connectivity index is 2.64. The monoisotopic (exact) mass is 189 g/mol. The molecule has 1 heterocycles. The summed E-state index contributed by atoms with van der Waals surface area (Å²) in [6.07, 6.45) is -0.0127. The highest BCUT2D eigenvalue weighted by Gasteiger charge is 2.41. The van der Waals surface area contributed by atoms with Gasteiger partial charge in [0.2, 0.25) is 0 Å². The van der Waals surface area contributed by atoms with Gasteiger partial charge in [-0.05, 0) is 13.8 Å². The molecule has 0 bridgehead atoms. The molecule has 1 atom stereocenters. The third kappa shape index (κ3) is 2.64. The maximum absolute atomic E-state index is 5.70. The third-order valence-electron chi connectivity index (χ3n) is 2.34. The normalized spacial score (nSPS) is 31.6. The van der Waals surface area contributed by atoms with E-state index in [1.54, 1.807) is 0 Å². The molecular formula is C9H19NO3. The lowest BCUT2D eigenvalue weighted by Gasteiger charge is -2.45. The average molecular weight is 189 g/mol. The van der Waals surface area contributed by atoms with Crippen LogP contribution in [0.25, 0.3) is 0 Å². The SMILES string of the molecule is CC1(C)OCC(C)(C)C(CON)O1. The largest absolute Gasteiger partial charge is 0.350 e. The lowest BCUT2D eigenvalue weighted by Crippen LogP contribution is -2.52. The van der Waals surface area contributed by atoms with Crippen molar-refractivity contribution in [1.29, 1.82) is 0 Å². The topological polar surface area (TPSA) is 53.7 Å². The van der Waals surface area contributed by atoms with Crippen molar-refractivity contribution < 1.29 is 14.3 Å². The molecule has 0 radical (unpaired) electrons. The van der Waals surface area contributed by atoms with Crippen molar-refractivity contribution in [1.82, 2.24) is 0 Å². The zero-order valence-corrected chi connectivity index (χ0v) is 8.79. The van der Waals surface area contributed by atoms with Gasteiger partial charge in [-0.2, -0.15) is 0 Å². The van der Waals surface area contributed by atoms with Gasteiger partial charge in [-0.15, -0.1) is 0 Å². The second-order valence-electron chi connectivity index (χ2n) is 4.62. The molecule has 1 saturated heterocycles. The maximum Gasteiger partial charge on any atom is 0.163 e. The summed E-state index contributed by atoms with van der Waals surface area (Å²) >= 11 is 0. The zero-order valence-electron chi connectivity index (χ0n) is 8.79. The van der Waals surface area contributed by atoms with Crippen LogP contribution >= 0.6 is 0 Å². The Morgan fingerprint density at radius 2 is 2.00 bits per heavy atom. The van der Waals surface area contributed by atoms with Crippen LogP contribution in [0.5, 0.6) is 0 Å². The molecule has 0 saturated carbocycles. The van der Waals surface area contributed by atoms with Crippen LogP contribution in [0.15, 0.2) is 0 Å². The van der Waals surface area contributed by atoms with Crippen molar-refractivity contribution in [2.45, 2.75) is 39.6 Å². The molecule has 78 valence electrons. The van der Waals surface area contributed by atoms with Crippen molar-refractivity contribution >= 4 is 0 Å². The molecule has 13 heavy (non-hydrogen) atoms. The Morgan fingerprint density at radius 1 is 1.38 bits per heavy atom. The summed E-state index contributed by atoms with van der Waals surface area (Å²) in [6, 6.07) is 0. The van der Waals surface area contributed by atoms with E-state index in [0.29, 0.717) is 13.2 Å². The van der Waals surface area contributed by atoms with E-state index in [1.165, 1.54) is 0 Å². The molecule has 0 amide bonds. The first-order valence-electron chi connectivity index (χ1n) is 4.51. The molecule has 1 aliphatic rings. The second-order valence-corrected chi connectivity index (χ2v) is 4.62. The standard InChI is InChI=1S/C9H19NO3/c1-8(2)6-11-9(3,4)13-7(8)5-12-10/h7H,5-6,10H2,1-4H3. The number of hydrogen-bond donors (Lipinski definition) is 1. The minimum atomic E-state index is -0.529. The lowest BCUT2D eigenvalue weighted by atomic mass is 9.86. The van der Waals surface area contributed by atoms with Crippen LogP contribution in [-0.4, -0.2) is 25.1 Å². The van der Waals surface area contributed by atoms with Gasteiger partial charge in [0.1, 0.15) is 0 Å². The van der Waals surface area contributed by atoms with E-state index in [-0.39, 0.29) is 11.5 Å². The van der Waals surface area contributed by atoms with Crippen molar-refractivity contribution in [2.75, 3.05) is 13.2 Å². The predicted molar refractivity (Wildman–Crippen MR) is 48.8 cm³/mol. The first-order chi connectivity index (χ1) is 5.87. The Bertz CT molecular complexity index is 180. The number of rotatable bonds is 2. The highest BCUT2D eigenvalue weighted by atomic mass is 16.7. The lowest BCUT2D eigenvalue weighted by molar-refractivity contribution is -0.319. The first kappa shape index (κ1) is 10.9. The summed E-state index contributed by atoms with van der Waals surface area (Å²) in [5.41, 5.74) is -0.0467. The number of nitrogens with two attached hydrogens (primary N) is 1. The molecule has 1 rings (SSSR count). The van der Waals surface area contributed by atoms with E-state index in [2.05, 4.69) is 18.7 Å². The fourth-order valence-corrected chi connectivity index (χ4v) is 1.34. The molecule has 4 heteroatoms. The average Bonchev–Trinajstić information content (AvgIpc) is 1.99. The molecular weight excluding hydrogens is 170 g/mol. The second kappa shape index (κ2) is 3.53. The summed E-state index contributed by atoms with van der Waals surface area (Å²) in [5, 5.41) is 0. The van der Waals surface area contributed by atoms with E-state index in [9.17, 15) is 0 Å². The van der Waals surface area contributed by atoms with Gasteiger partial charge in [0.05, 0.1) is 19.3 Å². The van der Waals surface area contributed by atoms with Gasteiger partial charge >= 0.3 is 0 Å². The highest BCUT2D eigenvalue weighted by Crippen LogP contribution is 2.34. The van der Waals surface area contributed by atoms with Crippen molar-refractivity contribution in [3.63, 3.8) is 0 Å². The highest BCUT2D eigenvalue weighted by molar-refractivity contribution is 4.84. The van der Waals surface area contributed by atoms with Crippen LogP contribution in [0, 0.1) is 5.41 Å². The summed E-state index contributed by atoms with van der Waals surface area (Å²) in [6.45, 7) is 9.00. The van der Waals surface area contributed by atoms with E-state index in [0.717, 1.165) is 0 Å². The Kier molecular flexibility index (Phi) is 2.97. The molecule has 1 aliphatic heterocycles. The molecule has 0 spiro atoms. The summed E-state index contributed by atoms with van der Waals surface area (Å²) < 4.78 is 11.2. The van der Waals surface area contributed by atoms with Crippen LogP contribution in [0.1, 0.15) is 27.7 Å². The van der Waals surface area contributed by atoms with Gasteiger partial charge in [-0.3, -0.25) is 0 Å². The van der Waals surface area contributed by atoms with Crippen LogP contribution in [-0.2, 0) is 14.3 Å². The van der Waals surface area contributed by atoms with Crippen molar-refractivity contribution in [3.8, 4) is 0 Å². The van der Waals surface area contributed by atoms with Gasteiger partial charge in [0.25, 0.3) is 0 Å². The van der Waals surface area contributed by atoms with Crippen molar-refractivity contribution in [2.24, 2.45) is 11.3 Å². The van der Waals surface area contributed by atoms with Gasteiger partial charge in [-0.25, -0.2) is 5.90 Å². The first-order valence-corrected chi connectivity index (χ1v) is 4.51. The predicted octanol–water partition coefficient (Wildman–Crippen LogP) is 1.05. The molecule has 2 N–H and O–H groups in total. The van der Waals surface area contributed by atoms with Gasteiger partial charge in [0.15, 0.2) is 5.79 Å². The zero-order chi connectivity index (χ0) is 10.1. The molecule has 0 aliphatic carbocycles. The number of ether oxygens (including phenoxy) is 2. The molecule has 1 fully saturated rings. The molecule has 4 nitrogen and oxygen atoms in total. The molecule has 0 aromatic heterocycles. The minimum absolute atomic E-state index is 0.0127. The maximum atomic E-state index is 5.70. The molecule has 0 aromatic carbocycles. The molecule has 1 unspecified atom stereocenters. The fraction of sp³-hybridized carbons (Fsp3) is 1.00. The van der Waals surface area contributed by atoms with Crippen LogP contribution < -0.4 is 5.90 Å². The van der Waals surface area contributed by atoms with Gasteiger partial charge in [0, 0.05) is 5.41 Å². The van der Waals surface area contributed by atoms with E-state index < -0.39 is 5.79 Å². The van der Waals surface area contributed by atoms with Crippen LogP contribution in [0.3, 0.4) is 0 Å². The minimum Gasteiger partial charge on any atom is -0.350 e. The van der Waals surface area contributed by atoms with Gasteiger partial charge < -0.3 is 14.3 Å². The smallest absolute Gasteiger partial charge is 0.163 e. The fourth-order valence-electron chi connectivity index (χ4n) is 1.34. The Labute approximate surface area is 79.3 Å². The van der Waals surface area contributed by atoms with Crippen molar-refractivity contribution in [3.05, 3.63) is 0 Å². The van der Waals surface area contributed by atoms with E-state index in [1.807, 2.05) is 13.8 Å². The summed E-state index contributed by atoms with van der Waals surface area (Å²) in [5.74, 6) is 4.52. The van der Waals surface area contributed by atoms with E-state index in [4.69, 9.17) is 15.4 Å². The number of hydrogen-bond acceptors (Lipinski definition) is 4. The summed E-state index contributed by atoms with van der Waals surface area (Å²) in [4.78, 5) is 4.63. The summed E-state index contributed by atoms with van der Waals surface area (Å²) in [7, 11) is 0. The quantitative estimate of drug-likeness (QED) is 0.660. The van der Waals surface area contributed by atoms with Crippen LogP contribution in [0.2, 0.25) is 0 Å². The van der Waals surface area contributed by atoms with Gasteiger partial charge in [-0.1, -0.05) is 13.8 Å². The van der Waals surface area contributed by atoms with E-state index >= 15 is 0 Å².